The van der Waals surface area contributed by atoms with Crippen LogP contribution < -0.4 is 11.1 Å². The molecule has 2 rings (SSSR count). The number of aromatic nitrogens is 4. The Morgan fingerprint density at radius 3 is 2.75 bits per heavy atom. The Balaban J connectivity index is 1.90. The molecule has 0 fully saturated rings. The first-order valence-electron chi connectivity index (χ1n) is 6.97. The van der Waals surface area contributed by atoms with Gasteiger partial charge in [-0.15, -0.1) is 0 Å². The van der Waals surface area contributed by atoms with Crippen LogP contribution in [-0.2, 0) is 13.0 Å². The molecular formula is C14H22N6. The molecule has 6 nitrogen and oxygen atoms in total. The minimum Gasteiger partial charge on any atom is -0.370 e. The predicted molar refractivity (Wildman–Crippen MR) is 80.6 cm³/mol. The van der Waals surface area contributed by atoms with Crippen molar-refractivity contribution in [2.24, 2.45) is 0 Å². The van der Waals surface area contributed by atoms with Crippen LogP contribution in [0.2, 0.25) is 0 Å². The van der Waals surface area contributed by atoms with Crippen molar-refractivity contribution in [3.63, 3.8) is 0 Å². The summed E-state index contributed by atoms with van der Waals surface area (Å²) in [6.07, 6.45) is 3.87. The van der Waals surface area contributed by atoms with E-state index >= 15 is 0 Å². The van der Waals surface area contributed by atoms with Crippen molar-refractivity contribution in [3.8, 4) is 0 Å². The van der Waals surface area contributed by atoms with Crippen molar-refractivity contribution in [2.75, 3.05) is 17.6 Å². The third kappa shape index (κ3) is 3.46. The normalized spacial score (nSPS) is 10.8. The number of nitrogen functional groups attached to an aromatic ring is 1. The molecule has 2 heterocycles. The van der Waals surface area contributed by atoms with Crippen LogP contribution >= 0.6 is 0 Å². The fraction of sp³-hybridized carbons (Fsp3) is 0.500. The molecule has 0 radical (unpaired) electrons. The fourth-order valence-electron chi connectivity index (χ4n) is 2.22. The Morgan fingerprint density at radius 1 is 1.30 bits per heavy atom. The highest BCUT2D eigenvalue weighted by Gasteiger charge is 2.08. The van der Waals surface area contributed by atoms with Gasteiger partial charge in [0.15, 0.2) is 0 Å². The molecule has 0 bridgehead atoms. The highest BCUT2D eigenvalue weighted by atomic mass is 15.3. The van der Waals surface area contributed by atoms with Gasteiger partial charge in [0.25, 0.3) is 0 Å². The van der Waals surface area contributed by atoms with Gasteiger partial charge >= 0.3 is 0 Å². The van der Waals surface area contributed by atoms with E-state index in [1.165, 1.54) is 0 Å². The smallest absolute Gasteiger partial charge is 0.222 e. The number of anilines is 2. The first-order chi connectivity index (χ1) is 9.60. The van der Waals surface area contributed by atoms with Crippen molar-refractivity contribution in [1.82, 2.24) is 19.7 Å². The molecule has 6 heteroatoms. The van der Waals surface area contributed by atoms with E-state index in [0.29, 0.717) is 5.95 Å². The topological polar surface area (TPSA) is 81.6 Å². The van der Waals surface area contributed by atoms with Crippen molar-refractivity contribution >= 4 is 11.8 Å². The average Bonchev–Trinajstić information content (AvgIpc) is 2.80. The molecule has 0 aliphatic carbocycles. The minimum atomic E-state index is 0.324. The zero-order valence-electron chi connectivity index (χ0n) is 12.3. The Labute approximate surface area is 119 Å². The highest BCUT2D eigenvalue weighted by Crippen LogP contribution is 2.17. The van der Waals surface area contributed by atoms with Crippen LogP contribution in [-0.4, -0.2) is 26.3 Å². The van der Waals surface area contributed by atoms with Gasteiger partial charge in [-0.25, -0.2) is 4.98 Å². The van der Waals surface area contributed by atoms with Gasteiger partial charge in [0.2, 0.25) is 5.95 Å². The van der Waals surface area contributed by atoms with Gasteiger partial charge in [0.1, 0.15) is 5.82 Å². The highest BCUT2D eigenvalue weighted by molar-refractivity contribution is 5.49. The van der Waals surface area contributed by atoms with Crippen molar-refractivity contribution in [1.29, 1.82) is 0 Å². The Kier molecular flexibility index (Phi) is 4.55. The summed E-state index contributed by atoms with van der Waals surface area (Å²) in [6.45, 7) is 7.78. The molecular weight excluding hydrogens is 252 g/mol. The number of nitrogens with one attached hydrogen (secondary N) is 1. The first-order valence-corrected chi connectivity index (χ1v) is 6.97. The van der Waals surface area contributed by atoms with Gasteiger partial charge in [-0.05, 0) is 32.8 Å². The second kappa shape index (κ2) is 6.36. The van der Waals surface area contributed by atoms with E-state index in [-0.39, 0.29) is 0 Å². The third-order valence-electron chi connectivity index (χ3n) is 3.22. The van der Waals surface area contributed by atoms with Crippen molar-refractivity contribution < 1.29 is 0 Å². The van der Waals surface area contributed by atoms with E-state index in [0.717, 1.165) is 48.7 Å². The van der Waals surface area contributed by atoms with Crippen LogP contribution in [0, 0.1) is 13.8 Å². The molecule has 108 valence electrons. The molecule has 0 atom stereocenters. The average molecular weight is 274 g/mol. The zero-order valence-corrected chi connectivity index (χ0v) is 12.3. The largest absolute Gasteiger partial charge is 0.370 e. The monoisotopic (exact) mass is 274 g/mol. The Bertz CT molecular complexity index is 575. The lowest BCUT2D eigenvalue weighted by Gasteiger charge is -2.12. The van der Waals surface area contributed by atoms with Gasteiger partial charge in [0, 0.05) is 30.5 Å². The minimum absolute atomic E-state index is 0.324. The molecule has 20 heavy (non-hydrogen) atoms. The number of hydrogen-bond donors (Lipinski definition) is 2. The lowest BCUT2D eigenvalue weighted by atomic mass is 10.1. The molecule has 0 amide bonds. The van der Waals surface area contributed by atoms with E-state index in [9.17, 15) is 0 Å². The lowest BCUT2D eigenvalue weighted by molar-refractivity contribution is 0.587. The van der Waals surface area contributed by atoms with Crippen LogP contribution in [0.1, 0.15) is 30.3 Å². The number of hydrogen-bond acceptors (Lipinski definition) is 5. The second-order valence-corrected chi connectivity index (χ2v) is 4.85. The summed E-state index contributed by atoms with van der Waals surface area (Å²) < 4.78 is 1.96. The third-order valence-corrected chi connectivity index (χ3v) is 3.22. The summed E-state index contributed by atoms with van der Waals surface area (Å²) in [7, 11) is 0. The maximum Gasteiger partial charge on any atom is 0.222 e. The second-order valence-electron chi connectivity index (χ2n) is 4.85. The summed E-state index contributed by atoms with van der Waals surface area (Å²) in [4.78, 5) is 8.48. The SMILES string of the molecule is CCc1c(C)nc(N)nc1NCCCn1ccc(C)n1. The molecule has 0 aliphatic rings. The summed E-state index contributed by atoms with van der Waals surface area (Å²) in [5.41, 5.74) is 8.83. The maximum absolute atomic E-state index is 5.70. The van der Waals surface area contributed by atoms with Gasteiger partial charge in [0.05, 0.1) is 5.69 Å². The van der Waals surface area contributed by atoms with Gasteiger partial charge < -0.3 is 11.1 Å². The molecule has 0 spiro atoms. The number of nitrogens with two attached hydrogens (primary N) is 1. The summed E-state index contributed by atoms with van der Waals surface area (Å²) in [5, 5.41) is 7.71. The van der Waals surface area contributed by atoms with Crippen LogP contribution in [0.3, 0.4) is 0 Å². The molecule has 0 saturated carbocycles. The van der Waals surface area contributed by atoms with E-state index in [4.69, 9.17) is 5.73 Å². The predicted octanol–water partition coefficient (Wildman–Crippen LogP) is 1.94. The number of nitrogens with zero attached hydrogens (tertiary/aromatic N) is 4. The van der Waals surface area contributed by atoms with E-state index in [2.05, 4.69) is 27.3 Å². The van der Waals surface area contributed by atoms with Crippen LogP contribution in [0.5, 0.6) is 0 Å². The summed E-state index contributed by atoms with van der Waals surface area (Å²) in [6, 6.07) is 2.01. The maximum atomic E-state index is 5.70. The molecule has 2 aromatic heterocycles. The molecule has 3 N–H and O–H groups in total. The lowest BCUT2D eigenvalue weighted by Crippen LogP contribution is -2.12. The summed E-state index contributed by atoms with van der Waals surface area (Å²) in [5.74, 6) is 1.18. The van der Waals surface area contributed by atoms with E-state index in [1.807, 2.05) is 30.8 Å². The van der Waals surface area contributed by atoms with Crippen LogP contribution in [0.15, 0.2) is 12.3 Å². The zero-order chi connectivity index (χ0) is 14.5. The molecule has 2 aromatic rings. The molecule has 0 saturated heterocycles. The molecule has 0 aliphatic heterocycles. The number of rotatable bonds is 6. The fourth-order valence-corrected chi connectivity index (χ4v) is 2.22. The quantitative estimate of drug-likeness (QED) is 0.787. The standard InChI is InChI=1S/C14H22N6/c1-4-12-11(3)17-14(15)18-13(12)16-7-5-8-20-9-6-10(2)19-20/h6,9H,4-5,7-8H2,1-3H3,(H3,15,16,17,18). The Hall–Kier alpha value is -2.11. The van der Waals surface area contributed by atoms with Gasteiger partial charge in [-0.3, -0.25) is 4.68 Å². The van der Waals surface area contributed by atoms with Gasteiger partial charge in [-0.1, -0.05) is 6.92 Å². The van der Waals surface area contributed by atoms with E-state index < -0.39 is 0 Å². The van der Waals surface area contributed by atoms with E-state index in [1.54, 1.807) is 0 Å². The first kappa shape index (κ1) is 14.3. The Morgan fingerprint density at radius 2 is 2.10 bits per heavy atom. The summed E-state index contributed by atoms with van der Waals surface area (Å²) >= 11 is 0. The molecule has 0 unspecified atom stereocenters. The van der Waals surface area contributed by atoms with Crippen molar-refractivity contribution in [3.05, 3.63) is 29.2 Å². The number of aryl methyl sites for hydroxylation is 3. The van der Waals surface area contributed by atoms with Crippen molar-refractivity contribution in [2.45, 2.75) is 40.2 Å². The van der Waals surface area contributed by atoms with Gasteiger partial charge in [-0.2, -0.15) is 10.1 Å². The van der Waals surface area contributed by atoms with Crippen LogP contribution in [0.4, 0.5) is 11.8 Å². The van der Waals surface area contributed by atoms with Crippen LogP contribution in [0.25, 0.3) is 0 Å². The molecule has 0 aromatic carbocycles.